The van der Waals surface area contributed by atoms with E-state index in [0.29, 0.717) is 6.54 Å². The van der Waals surface area contributed by atoms with Crippen LogP contribution in [0.3, 0.4) is 0 Å². The average Bonchev–Trinajstić information content (AvgIpc) is 2.41. The van der Waals surface area contributed by atoms with Gasteiger partial charge < -0.3 is 10.5 Å². The van der Waals surface area contributed by atoms with E-state index in [4.69, 9.17) is 10.5 Å². The second-order valence-corrected chi connectivity index (χ2v) is 6.30. The van der Waals surface area contributed by atoms with Crippen LogP contribution in [0.1, 0.15) is 72.1 Å². The second-order valence-electron chi connectivity index (χ2n) is 6.30. The monoisotopic (exact) mass is 255 g/mol. The maximum Gasteiger partial charge on any atom is 0.0804 e. The summed E-state index contributed by atoms with van der Waals surface area (Å²) in [6, 6.07) is 0. The molecule has 1 aliphatic rings. The van der Waals surface area contributed by atoms with Gasteiger partial charge in [0, 0.05) is 6.54 Å². The second kappa shape index (κ2) is 8.16. The van der Waals surface area contributed by atoms with Crippen molar-refractivity contribution in [1.82, 2.24) is 0 Å². The topological polar surface area (TPSA) is 35.2 Å². The van der Waals surface area contributed by atoms with Crippen LogP contribution in [-0.4, -0.2) is 18.8 Å². The zero-order chi connectivity index (χ0) is 13.4. The van der Waals surface area contributed by atoms with Crippen molar-refractivity contribution in [2.75, 3.05) is 13.2 Å². The van der Waals surface area contributed by atoms with Gasteiger partial charge >= 0.3 is 0 Å². The van der Waals surface area contributed by atoms with Crippen molar-refractivity contribution in [3.8, 4) is 0 Å². The number of hydrogen-bond acceptors (Lipinski definition) is 2. The summed E-state index contributed by atoms with van der Waals surface area (Å²) in [6.45, 7) is 8.50. The molecule has 1 fully saturated rings. The largest absolute Gasteiger partial charge is 0.373 e. The van der Waals surface area contributed by atoms with Crippen molar-refractivity contribution in [2.24, 2.45) is 17.6 Å². The van der Waals surface area contributed by atoms with Gasteiger partial charge in [-0.15, -0.1) is 0 Å². The predicted octanol–water partition coefficient (Wildman–Crippen LogP) is 4.13. The molecule has 0 aromatic heterocycles. The number of hydrogen-bond donors (Lipinski definition) is 1. The van der Waals surface area contributed by atoms with Gasteiger partial charge in [-0.25, -0.2) is 0 Å². The number of rotatable bonds is 8. The van der Waals surface area contributed by atoms with Gasteiger partial charge in [0.1, 0.15) is 0 Å². The Morgan fingerprint density at radius 1 is 1.28 bits per heavy atom. The summed E-state index contributed by atoms with van der Waals surface area (Å²) in [5.74, 6) is 1.59. The Labute approximate surface area is 114 Å². The van der Waals surface area contributed by atoms with Crippen molar-refractivity contribution in [3.05, 3.63) is 0 Å². The van der Waals surface area contributed by atoms with Crippen LogP contribution in [0.4, 0.5) is 0 Å². The minimum atomic E-state index is 0.00610. The van der Waals surface area contributed by atoms with Crippen LogP contribution in [0, 0.1) is 11.8 Å². The highest BCUT2D eigenvalue weighted by molar-refractivity contribution is 4.87. The molecule has 0 amide bonds. The third-order valence-corrected chi connectivity index (χ3v) is 4.73. The molecule has 0 saturated heterocycles. The lowest BCUT2D eigenvalue weighted by atomic mass is 9.79. The van der Waals surface area contributed by atoms with Gasteiger partial charge in [-0.2, -0.15) is 0 Å². The minimum Gasteiger partial charge on any atom is -0.373 e. The summed E-state index contributed by atoms with van der Waals surface area (Å²) in [6.07, 6.45) is 10.0. The molecular formula is C16H33NO. The summed E-state index contributed by atoms with van der Waals surface area (Å²) >= 11 is 0. The van der Waals surface area contributed by atoms with Crippen LogP contribution >= 0.6 is 0 Å². The molecule has 1 atom stereocenters. The zero-order valence-corrected chi connectivity index (χ0v) is 12.7. The van der Waals surface area contributed by atoms with E-state index in [0.717, 1.165) is 31.3 Å². The van der Waals surface area contributed by atoms with Crippen LogP contribution in [0.5, 0.6) is 0 Å². The fourth-order valence-electron chi connectivity index (χ4n) is 2.89. The molecule has 0 bridgehead atoms. The first-order valence-electron chi connectivity index (χ1n) is 7.99. The Hall–Kier alpha value is -0.0800. The third kappa shape index (κ3) is 4.89. The van der Waals surface area contributed by atoms with Gasteiger partial charge in [-0.05, 0) is 43.9 Å². The molecule has 0 aliphatic heterocycles. The zero-order valence-electron chi connectivity index (χ0n) is 12.7. The van der Waals surface area contributed by atoms with Crippen molar-refractivity contribution in [1.29, 1.82) is 0 Å². The molecule has 1 unspecified atom stereocenters. The molecule has 2 heteroatoms. The molecule has 1 rings (SSSR count). The standard InChI is InChI=1S/C16H33NO/c1-4-6-7-15(5-2)12-18-16(13-17)10-8-14(3)9-11-16/h14-15H,4-13,17H2,1-3H3. The van der Waals surface area contributed by atoms with Crippen molar-refractivity contribution in [2.45, 2.75) is 77.7 Å². The third-order valence-electron chi connectivity index (χ3n) is 4.73. The van der Waals surface area contributed by atoms with Crippen molar-refractivity contribution < 1.29 is 4.74 Å². The molecule has 0 radical (unpaired) electrons. The highest BCUT2D eigenvalue weighted by Crippen LogP contribution is 2.34. The molecule has 2 N–H and O–H groups in total. The van der Waals surface area contributed by atoms with E-state index < -0.39 is 0 Å². The maximum absolute atomic E-state index is 6.29. The van der Waals surface area contributed by atoms with E-state index in [9.17, 15) is 0 Å². The Morgan fingerprint density at radius 3 is 2.44 bits per heavy atom. The fourth-order valence-corrected chi connectivity index (χ4v) is 2.89. The van der Waals surface area contributed by atoms with E-state index in [1.54, 1.807) is 0 Å². The number of unbranched alkanes of at least 4 members (excludes halogenated alkanes) is 1. The first-order chi connectivity index (χ1) is 8.65. The fraction of sp³-hybridized carbons (Fsp3) is 1.00. The summed E-state index contributed by atoms with van der Waals surface area (Å²) < 4.78 is 6.29. The smallest absolute Gasteiger partial charge is 0.0804 e. The summed E-state index contributed by atoms with van der Waals surface area (Å²) in [5.41, 5.74) is 5.99. The summed E-state index contributed by atoms with van der Waals surface area (Å²) in [7, 11) is 0. The lowest BCUT2D eigenvalue weighted by molar-refractivity contribution is -0.0842. The first kappa shape index (κ1) is 16.0. The van der Waals surface area contributed by atoms with Crippen LogP contribution in [-0.2, 0) is 4.74 Å². The Morgan fingerprint density at radius 2 is 1.94 bits per heavy atom. The van der Waals surface area contributed by atoms with Gasteiger partial charge in [-0.1, -0.05) is 40.0 Å². The first-order valence-corrected chi connectivity index (χ1v) is 7.99. The van der Waals surface area contributed by atoms with Crippen LogP contribution in [0.25, 0.3) is 0 Å². The quantitative estimate of drug-likeness (QED) is 0.708. The normalized spacial score (nSPS) is 30.3. The van der Waals surface area contributed by atoms with Crippen LogP contribution < -0.4 is 5.73 Å². The van der Waals surface area contributed by atoms with Crippen molar-refractivity contribution >= 4 is 0 Å². The van der Waals surface area contributed by atoms with E-state index in [2.05, 4.69) is 20.8 Å². The van der Waals surface area contributed by atoms with Gasteiger partial charge in [0.15, 0.2) is 0 Å². The SMILES string of the molecule is CCCCC(CC)COC1(CN)CCC(C)CC1. The molecule has 0 heterocycles. The molecule has 0 aromatic carbocycles. The molecule has 2 nitrogen and oxygen atoms in total. The predicted molar refractivity (Wildman–Crippen MR) is 78.7 cm³/mol. The van der Waals surface area contributed by atoms with Crippen LogP contribution in [0.2, 0.25) is 0 Å². The van der Waals surface area contributed by atoms with Gasteiger partial charge in [0.05, 0.1) is 12.2 Å². The van der Waals surface area contributed by atoms with Crippen LogP contribution in [0.15, 0.2) is 0 Å². The Kier molecular flexibility index (Phi) is 7.25. The summed E-state index contributed by atoms with van der Waals surface area (Å²) in [5, 5.41) is 0. The number of nitrogens with two attached hydrogens (primary N) is 1. The number of ether oxygens (including phenoxy) is 1. The maximum atomic E-state index is 6.29. The molecule has 0 spiro atoms. The van der Waals surface area contributed by atoms with Crippen molar-refractivity contribution in [3.63, 3.8) is 0 Å². The molecule has 108 valence electrons. The highest BCUT2D eigenvalue weighted by atomic mass is 16.5. The Bertz CT molecular complexity index is 209. The van der Waals surface area contributed by atoms with E-state index in [-0.39, 0.29) is 5.60 Å². The highest BCUT2D eigenvalue weighted by Gasteiger charge is 2.34. The van der Waals surface area contributed by atoms with E-state index in [1.165, 1.54) is 38.5 Å². The van der Waals surface area contributed by atoms with Gasteiger partial charge in [0.25, 0.3) is 0 Å². The van der Waals surface area contributed by atoms with Gasteiger partial charge in [0.2, 0.25) is 0 Å². The summed E-state index contributed by atoms with van der Waals surface area (Å²) in [4.78, 5) is 0. The lowest BCUT2D eigenvalue weighted by Crippen LogP contribution is -2.44. The molecule has 18 heavy (non-hydrogen) atoms. The van der Waals surface area contributed by atoms with E-state index in [1.807, 2.05) is 0 Å². The molecule has 1 saturated carbocycles. The van der Waals surface area contributed by atoms with Gasteiger partial charge in [-0.3, -0.25) is 0 Å². The molecular weight excluding hydrogens is 222 g/mol. The lowest BCUT2D eigenvalue weighted by Gasteiger charge is -2.39. The minimum absolute atomic E-state index is 0.00610. The average molecular weight is 255 g/mol. The Balaban J connectivity index is 2.37. The molecule has 0 aromatic rings. The molecule has 1 aliphatic carbocycles. The van der Waals surface area contributed by atoms with E-state index >= 15 is 0 Å².